The molecule has 0 saturated carbocycles. The van der Waals surface area contributed by atoms with Crippen molar-refractivity contribution in [2.45, 2.75) is 0 Å². The first kappa shape index (κ1) is 7.72. The summed E-state index contributed by atoms with van der Waals surface area (Å²) in [6.07, 6.45) is 0. The summed E-state index contributed by atoms with van der Waals surface area (Å²) in [6, 6.07) is 3.55. The lowest BCUT2D eigenvalue weighted by atomic mass is 10.1. The van der Waals surface area contributed by atoms with Crippen molar-refractivity contribution in [3.8, 4) is 0 Å². The van der Waals surface area contributed by atoms with Crippen LogP contribution in [0.3, 0.4) is 0 Å². The van der Waals surface area contributed by atoms with Crippen molar-refractivity contribution in [2.24, 2.45) is 5.73 Å². The summed E-state index contributed by atoms with van der Waals surface area (Å²) < 4.78 is 25.4. The molecule has 0 heterocycles. The van der Waals surface area contributed by atoms with Crippen LogP contribution >= 0.6 is 0 Å². The number of hydrogen-bond donors (Lipinski definition) is 1. The minimum absolute atomic E-state index is 0.0967. The molecule has 0 saturated heterocycles. The molecule has 11 heavy (non-hydrogen) atoms. The van der Waals surface area contributed by atoms with E-state index < -0.39 is 11.6 Å². The molecule has 0 aliphatic heterocycles. The minimum atomic E-state index is -0.683. The van der Waals surface area contributed by atoms with E-state index in [1.54, 1.807) is 0 Å². The van der Waals surface area contributed by atoms with E-state index in [-0.39, 0.29) is 11.3 Å². The van der Waals surface area contributed by atoms with Crippen molar-refractivity contribution in [2.75, 3.05) is 0 Å². The molecule has 0 fully saturated rings. The van der Waals surface area contributed by atoms with Gasteiger partial charge in [-0.3, -0.25) is 0 Å². The summed E-state index contributed by atoms with van der Waals surface area (Å²) in [5.41, 5.74) is 4.80. The fourth-order valence-electron chi connectivity index (χ4n) is 0.805. The number of halogens is 2. The van der Waals surface area contributed by atoms with Gasteiger partial charge in [0.05, 0.1) is 5.56 Å². The average Bonchev–Trinajstić information content (AvgIpc) is 1.85. The zero-order valence-electron chi connectivity index (χ0n) is 5.77. The molecule has 1 rings (SSSR count). The Morgan fingerprint density at radius 3 is 2.00 bits per heavy atom. The van der Waals surface area contributed by atoms with Crippen LogP contribution in [0.25, 0.3) is 5.70 Å². The van der Waals surface area contributed by atoms with Crippen molar-refractivity contribution in [1.29, 1.82) is 0 Å². The van der Waals surface area contributed by atoms with E-state index in [9.17, 15) is 8.78 Å². The summed E-state index contributed by atoms with van der Waals surface area (Å²) in [5.74, 6) is -1.37. The van der Waals surface area contributed by atoms with E-state index in [4.69, 9.17) is 5.73 Å². The van der Waals surface area contributed by atoms with Crippen molar-refractivity contribution < 1.29 is 8.78 Å². The molecule has 1 nitrogen and oxygen atoms in total. The lowest BCUT2D eigenvalue weighted by Gasteiger charge is -2.01. The van der Waals surface area contributed by atoms with Crippen LogP contribution in [0.2, 0.25) is 0 Å². The van der Waals surface area contributed by atoms with E-state index in [0.29, 0.717) is 0 Å². The number of rotatable bonds is 1. The van der Waals surface area contributed by atoms with Gasteiger partial charge in [-0.05, 0) is 12.1 Å². The van der Waals surface area contributed by atoms with Gasteiger partial charge in [0.1, 0.15) is 11.6 Å². The molecule has 0 unspecified atom stereocenters. The number of nitrogens with two attached hydrogens (primary N) is 1. The van der Waals surface area contributed by atoms with Gasteiger partial charge in [0, 0.05) is 5.70 Å². The van der Waals surface area contributed by atoms with Crippen LogP contribution in [-0.2, 0) is 0 Å². The lowest BCUT2D eigenvalue weighted by molar-refractivity contribution is 0.576. The molecule has 0 aliphatic carbocycles. The molecule has 0 atom stereocenters. The second kappa shape index (κ2) is 2.70. The first-order chi connectivity index (χ1) is 5.13. The monoisotopic (exact) mass is 155 g/mol. The lowest BCUT2D eigenvalue weighted by Crippen LogP contribution is -2.00. The third-order valence-electron chi connectivity index (χ3n) is 1.28. The van der Waals surface area contributed by atoms with Gasteiger partial charge in [0.25, 0.3) is 0 Å². The highest BCUT2D eigenvalue weighted by atomic mass is 19.1. The molecule has 0 amide bonds. The normalized spacial score (nSPS) is 9.64. The Hall–Kier alpha value is -1.38. The van der Waals surface area contributed by atoms with E-state index in [1.807, 2.05) is 0 Å². The molecule has 3 heteroatoms. The maximum Gasteiger partial charge on any atom is 0.135 e. The molecule has 2 N–H and O–H groups in total. The average molecular weight is 155 g/mol. The van der Waals surface area contributed by atoms with Crippen LogP contribution in [0.4, 0.5) is 8.78 Å². The Kier molecular flexibility index (Phi) is 1.89. The standard InChI is InChI=1S/C8H7F2N/c1-5(11)8-6(9)3-2-4-7(8)10/h2-4H,1,11H2. The summed E-state index contributed by atoms with van der Waals surface area (Å²) in [6.45, 7) is 3.24. The quantitative estimate of drug-likeness (QED) is 0.658. The van der Waals surface area contributed by atoms with Gasteiger partial charge < -0.3 is 5.73 Å². The number of hydrogen-bond acceptors (Lipinski definition) is 1. The largest absolute Gasteiger partial charge is 0.399 e. The molecule has 0 aromatic heterocycles. The summed E-state index contributed by atoms with van der Waals surface area (Å²) in [5, 5.41) is 0. The zero-order valence-corrected chi connectivity index (χ0v) is 5.77. The van der Waals surface area contributed by atoms with Crippen molar-refractivity contribution in [3.63, 3.8) is 0 Å². The molecule has 1 aromatic rings. The second-order valence-corrected chi connectivity index (χ2v) is 2.12. The predicted octanol–water partition coefficient (Wildman–Crippen LogP) is 1.89. The molecule has 1 aromatic carbocycles. The molecular formula is C8H7F2N. The van der Waals surface area contributed by atoms with E-state index in [0.717, 1.165) is 12.1 Å². The van der Waals surface area contributed by atoms with E-state index in [2.05, 4.69) is 6.58 Å². The second-order valence-electron chi connectivity index (χ2n) is 2.12. The maximum atomic E-state index is 12.7. The molecule has 0 bridgehead atoms. The Labute approximate surface area is 63.1 Å². The topological polar surface area (TPSA) is 26.0 Å². The van der Waals surface area contributed by atoms with E-state index >= 15 is 0 Å². The SMILES string of the molecule is C=C(N)c1c(F)cccc1F. The zero-order chi connectivity index (χ0) is 8.43. The highest BCUT2D eigenvalue weighted by molar-refractivity contribution is 5.61. The fourth-order valence-corrected chi connectivity index (χ4v) is 0.805. The maximum absolute atomic E-state index is 12.7. The smallest absolute Gasteiger partial charge is 0.135 e. The molecule has 0 aliphatic rings. The van der Waals surface area contributed by atoms with Gasteiger partial charge >= 0.3 is 0 Å². The predicted molar refractivity (Wildman–Crippen MR) is 39.6 cm³/mol. The summed E-state index contributed by atoms with van der Waals surface area (Å²) >= 11 is 0. The Balaban J connectivity index is 3.32. The van der Waals surface area contributed by atoms with Crippen LogP contribution in [0.1, 0.15) is 5.56 Å². The van der Waals surface area contributed by atoms with Crippen LogP contribution < -0.4 is 5.73 Å². The van der Waals surface area contributed by atoms with Crippen molar-refractivity contribution in [3.05, 3.63) is 42.0 Å². The highest BCUT2D eigenvalue weighted by Crippen LogP contribution is 2.15. The Bertz CT molecular complexity index is 274. The van der Waals surface area contributed by atoms with Crippen LogP contribution in [-0.4, -0.2) is 0 Å². The van der Waals surface area contributed by atoms with Crippen LogP contribution in [0.5, 0.6) is 0 Å². The first-order valence-corrected chi connectivity index (χ1v) is 3.01. The molecule has 58 valence electrons. The van der Waals surface area contributed by atoms with Gasteiger partial charge in [-0.2, -0.15) is 0 Å². The third kappa shape index (κ3) is 1.37. The van der Waals surface area contributed by atoms with Gasteiger partial charge in [0.15, 0.2) is 0 Å². The fraction of sp³-hybridized carbons (Fsp3) is 0. The van der Waals surface area contributed by atoms with Crippen LogP contribution in [0, 0.1) is 11.6 Å². The summed E-state index contributed by atoms with van der Waals surface area (Å²) in [4.78, 5) is 0. The highest BCUT2D eigenvalue weighted by Gasteiger charge is 2.07. The molecule has 0 spiro atoms. The number of benzene rings is 1. The summed E-state index contributed by atoms with van der Waals surface area (Å²) in [7, 11) is 0. The Morgan fingerprint density at radius 2 is 1.73 bits per heavy atom. The van der Waals surface area contributed by atoms with Crippen molar-refractivity contribution >= 4 is 5.70 Å². The molecular weight excluding hydrogens is 148 g/mol. The van der Waals surface area contributed by atoms with E-state index in [1.165, 1.54) is 6.07 Å². The van der Waals surface area contributed by atoms with Crippen molar-refractivity contribution in [1.82, 2.24) is 0 Å². The van der Waals surface area contributed by atoms with Gasteiger partial charge in [-0.1, -0.05) is 12.6 Å². The first-order valence-electron chi connectivity index (χ1n) is 3.01. The van der Waals surface area contributed by atoms with Gasteiger partial charge in [-0.15, -0.1) is 0 Å². The minimum Gasteiger partial charge on any atom is -0.399 e. The molecule has 0 radical (unpaired) electrons. The van der Waals surface area contributed by atoms with Crippen LogP contribution in [0.15, 0.2) is 24.8 Å². The van der Waals surface area contributed by atoms with Gasteiger partial charge in [-0.25, -0.2) is 8.78 Å². The Morgan fingerprint density at radius 1 is 1.27 bits per heavy atom. The van der Waals surface area contributed by atoms with Gasteiger partial charge in [0.2, 0.25) is 0 Å². The third-order valence-corrected chi connectivity index (χ3v) is 1.28.